The molecule has 2 aromatic heterocycles. The van der Waals surface area contributed by atoms with E-state index in [2.05, 4.69) is 31.0 Å². The Hall–Kier alpha value is -3.36. The van der Waals surface area contributed by atoms with E-state index in [1.165, 1.54) is 0 Å². The molecule has 0 amide bonds. The number of nitrogens with zero attached hydrogens (tertiary/aromatic N) is 4. The minimum Gasteiger partial charge on any atom is -0.454 e. The molecule has 9 nitrogen and oxygen atoms in total. The minimum absolute atomic E-state index is 0.262. The number of hydrogen-bond acceptors (Lipinski definition) is 9. The largest absolute Gasteiger partial charge is 0.454 e. The van der Waals surface area contributed by atoms with Crippen molar-refractivity contribution in [2.75, 3.05) is 17.4 Å². The van der Waals surface area contributed by atoms with Crippen LogP contribution in [0.5, 0.6) is 11.5 Å². The SMILES string of the molecule is Cc1cc(Nc2nncc(NCc3ccc4c(c3)OCO4)n2)no1. The molecule has 0 radical (unpaired) electrons. The second kappa shape index (κ2) is 6.03. The van der Waals surface area contributed by atoms with Gasteiger partial charge in [0.2, 0.25) is 12.7 Å². The molecule has 0 bridgehead atoms. The van der Waals surface area contributed by atoms with Gasteiger partial charge in [-0.25, -0.2) is 0 Å². The maximum Gasteiger partial charge on any atom is 0.250 e. The zero-order valence-corrected chi connectivity index (χ0v) is 12.8. The van der Waals surface area contributed by atoms with E-state index < -0.39 is 0 Å². The number of anilines is 3. The maximum atomic E-state index is 5.36. The predicted octanol–water partition coefficient (Wildman–Crippen LogP) is 2.25. The molecule has 1 aliphatic rings. The van der Waals surface area contributed by atoms with Gasteiger partial charge in [-0.3, -0.25) is 0 Å². The summed E-state index contributed by atoms with van der Waals surface area (Å²) in [6.45, 7) is 2.64. The zero-order valence-electron chi connectivity index (χ0n) is 12.8. The third-order valence-electron chi connectivity index (χ3n) is 3.34. The molecule has 3 aromatic rings. The van der Waals surface area contributed by atoms with E-state index in [-0.39, 0.29) is 6.79 Å². The van der Waals surface area contributed by atoms with Crippen LogP contribution in [0.2, 0.25) is 0 Å². The molecule has 0 aliphatic carbocycles. The highest BCUT2D eigenvalue weighted by molar-refractivity contribution is 5.49. The van der Waals surface area contributed by atoms with Gasteiger partial charge >= 0.3 is 0 Å². The fourth-order valence-corrected chi connectivity index (χ4v) is 2.23. The molecule has 4 rings (SSSR count). The summed E-state index contributed by atoms with van der Waals surface area (Å²) >= 11 is 0. The Balaban J connectivity index is 1.42. The van der Waals surface area contributed by atoms with Gasteiger partial charge < -0.3 is 24.6 Å². The van der Waals surface area contributed by atoms with E-state index in [9.17, 15) is 0 Å². The third kappa shape index (κ3) is 3.05. The lowest BCUT2D eigenvalue weighted by molar-refractivity contribution is 0.174. The van der Waals surface area contributed by atoms with Gasteiger partial charge in [-0.2, -0.15) is 10.1 Å². The Morgan fingerprint density at radius 2 is 2.04 bits per heavy atom. The molecule has 122 valence electrons. The van der Waals surface area contributed by atoms with E-state index in [4.69, 9.17) is 14.0 Å². The number of aromatic nitrogens is 4. The maximum absolute atomic E-state index is 5.36. The number of rotatable bonds is 5. The number of hydrogen-bond donors (Lipinski definition) is 2. The number of benzene rings is 1. The molecule has 24 heavy (non-hydrogen) atoms. The first-order valence-corrected chi connectivity index (χ1v) is 7.29. The average molecular weight is 326 g/mol. The van der Waals surface area contributed by atoms with Crippen LogP contribution in [0.3, 0.4) is 0 Å². The molecule has 1 aliphatic heterocycles. The Bertz CT molecular complexity index is 866. The Labute approximate surface area is 137 Å². The molecule has 9 heteroatoms. The fraction of sp³-hybridized carbons (Fsp3) is 0.200. The minimum atomic E-state index is 0.262. The molecular weight excluding hydrogens is 312 g/mol. The smallest absolute Gasteiger partial charge is 0.250 e. The Morgan fingerprint density at radius 1 is 1.12 bits per heavy atom. The highest BCUT2D eigenvalue weighted by Gasteiger charge is 2.13. The number of ether oxygens (including phenoxy) is 2. The van der Waals surface area contributed by atoms with Crippen molar-refractivity contribution < 1.29 is 14.0 Å². The van der Waals surface area contributed by atoms with E-state index in [0.717, 1.165) is 17.1 Å². The van der Waals surface area contributed by atoms with E-state index in [0.29, 0.717) is 29.9 Å². The molecule has 3 heterocycles. The summed E-state index contributed by atoms with van der Waals surface area (Å²) in [5.41, 5.74) is 1.04. The van der Waals surface area contributed by atoms with Crippen molar-refractivity contribution in [2.45, 2.75) is 13.5 Å². The van der Waals surface area contributed by atoms with Crippen LogP contribution in [-0.2, 0) is 6.54 Å². The highest BCUT2D eigenvalue weighted by atomic mass is 16.7. The van der Waals surface area contributed by atoms with Crippen molar-refractivity contribution in [2.24, 2.45) is 0 Å². The molecule has 0 atom stereocenters. The van der Waals surface area contributed by atoms with Gasteiger partial charge in [0.25, 0.3) is 0 Å². The van der Waals surface area contributed by atoms with Crippen LogP contribution in [0.15, 0.2) is 35.0 Å². The lowest BCUT2D eigenvalue weighted by Crippen LogP contribution is -2.05. The Morgan fingerprint density at radius 3 is 2.92 bits per heavy atom. The summed E-state index contributed by atoms with van der Waals surface area (Å²) < 4.78 is 15.6. The van der Waals surface area contributed by atoms with Gasteiger partial charge in [0, 0.05) is 12.6 Å². The lowest BCUT2D eigenvalue weighted by atomic mass is 10.2. The van der Waals surface area contributed by atoms with Gasteiger partial charge in [0.15, 0.2) is 23.1 Å². The fourth-order valence-electron chi connectivity index (χ4n) is 2.23. The standard InChI is InChI=1S/C15H14N6O3/c1-9-4-13(21-24-9)18-15-19-14(7-17-20-15)16-6-10-2-3-11-12(5-10)23-8-22-11/h2-5,7H,6,8H2,1H3,(H2,16,18,19,20,21). The first-order chi connectivity index (χ1) is 11.8. The van der Waals surface area contributed by atoms with Crippen molar-refractivity contribution in [1.82, 2.24) is 20.3 Å². The second-order valence-electron chi connectivity index (χ2n) is 5.15. The molecule has 0 saturated heterocycles. The normalized spacial score (nSPS) is 12.2. The molecule has 1 aromatic carbocycles. The number of aryl methyl sites for hydroxylation is 1. The Kier molecular flexibility index (Phi) is 3.58. The van der Waals surface area contributed by atoms with Crippen LogP contribution in [0.1, 0.15) is 11.3 Å². The van der Waals surface area contributed by atoms with Crippen LogP contribution in [0.25, 0.3) is 0 Å². The summed E-state index contributed by atoms with van der Waals surface area (Å²) in [5, 5.41) is 17.8. The van der Waals surface area contributed by atoms with Gasteiger partial charge in [-0.05, 0) is 24.6 Å². The summed E-state index contributed by atoms with van der Waals surface area (Å²) in [4.78, 5) is 4.33. The van der Waals surface area contributed by atoms with Crippen molar-refractivity contribution in [3.63, 3.8) is 0 Å². The highest BCUT2D eigenvalue weighted by Crippen LogP contribution is 2.32. The quantitative estimate of drug-likeness (QED) is 0.729. The van der Waals surface area contributed by atoms with Crippen LogP contribution in [0.4, 0.5) is 17.6 Å². The van der Waals surface area contributed by atoms with E-state index in [1.807, 2.05) is 18.2 Å². The summed E-state index contributed by atoms with van der Waals surface area (Å²) in [6, 6.07) is 7.53. The molecule has 0 unspecified atom stereocenters. The van der Waals surface area contributed by atoms with Crippen molar-refractivity contribution in [1.29, 1.82) is 0 Å². The topological polar surface area (TPSA) is 107 Å². The van der Waals surface area contributed by atoms with Gasteiger partial charge in [0.1, 0.15) is 5.76 Å². The number of nitrogens with one attached hydrogen (secondary N) is 2. The molecule has 0 saturated carbocycles. The summed E-state index contributed by atoms with van der Waals surface area (Å²) in [7, 11) is 0. The van der Waals surface area contributed by atoms with Crippen molar-refractivity contribution >= 4 is 17.6 Å². The molecule has 0 spiro atoms. The van der Waals surface area contributed by atoms with Gasteiger partial charge in [-0.1, -0.05) is 11.2 Å². The van der Waals surface area contributed by atoms with Crippen LogP contribution < -0.4 is 20.1 Å². The third-order valence-corrected chi connectivity index (χ3v) is 3.34. The predicted molar refractivity (Wildman–Crippen MR) is 84.2 cm³/mol. The first-order valence-electron chi connectivity index (χ1n) is 7.29. The number of fused-ring (bicyclic) bond motifs is 1. The monoisotopic (exact) mass is 326 g/mol. The first kappa shape index (κ1) is 14.2. The average Bonchev–Trinajstić information content (AvgIpc) is 3.21. The second-order valence-corrected chi connectivity index (χ2v) is 5.15. The lowest BCUT2D eigenvalue weighted by Gasteiger charge is -2.07. The molecule has 0 fully saturated rings. The summed E-state index contributed by atoms with van der Waals surface area (Å²) in [5.74, 6) is 3.66. The van der Waals surface area contributed by atoms with E-state index in [1.54, 1.807) is 19.2 Å². The van der Waals surface area contributed by atoms with Crippen LogP contribution in [0, 0.1) is 6.92 Å². The van der Waals surface area contributed by atoms with Crippen molar-refractivity contribution in [3.8, 4) is 11.5 Å². The zero-order chi connectivity index (χ0) is 16.4. The van der Waals surface area contributed by atoms with Gasteiger partial charge in [-0.15, -0.1) is 5.10 Å². The summed E-state index contributed by atoms with van der Waals surface area (Å²) in [6.07, 6.45) is 1.55. The molecule has 2 N–H and O–H groups in total. The van der Waals surface area contributed by atoms with Crippen LogP contribution >= 0.6 is 0 Å². The molecular formula is C15H14N6O3. The van der Waals surface area contributed by atoms with Crippen LogP contribution in [-0.4, -0.2) is 27.1 Å². The van der Waals surface area contributed by atoms with Gasteiger partial charge in [0.05, 0.1) is 6.20 Å². The van der Waals surface area contributed by atoms with E-state index >= 15 is 0 Å². The van der Waals surface area contributed by atoms with Crippen molar-refractivity contribution in [3.05, 3.63) is 41.8 Å².